The van der Waals surface area contributed by atoms with Gasteiger partial charge in [-0.3, -0.25) is 4.79 Å². The lowest BCUT2D eigenvalue weighted by Gasteiger charge is -2.24. The highest BCUT2D eigenvalue weighted by Gasteiger charge is 2.23. The first-order valence-electron chi connectivity index (χ1n) is 4.68. The lowest BCUT2D eigenvalue weighted by Crippen LogP contribution is -2.28. The monoisotopic (exact) mass is 172 g/mol. The van der Waals surface area contributed by atoms with Crippen LogP contribution in [-0.4, -0.2) is 16.5 Å². The number of carbonyl (C=O) groups excluding carboxylic acids is 1. The molecule has 0 aromatic carbocycles. The molecular formula is C10H20O2. The van der Waals surface area contributed by atoms with Crippen molar-refractivity contribution in [3.05, 3.63) is 0 Å². The first-order valence-corrected chi connectivity index (χ1v) is 4.68. The molecule has 12 heavy (non-hydrogen) atoms. The molecule has 0 aromatic rings. The van der Waals surface area contributed by atoms with Crippen LogP contribution >= 0.6 is 0 Å². The molecule has 0 radical (unpaired) electrons. The number of aliphatic hydroxyl groups is 1. The first-order chi connectivity index (χ1) is 5.43. The van der Waals surface area contributed by atoms with Gasteiger partial charge in [0, 0.05) is 12.3 Å². The summed E-state index contributed by atoms with van der Waals surface area (Å²) in [6.45, 7) is 7.46. The molecule has 0 saturated carbocycles. The van der Waals surface area contributed by atoms with Gasteiger partial charge in [-0.15, -0.1) is 0 Å². The third kappa shape index (κ3) is 3.86. The second kappa shape index (κ2) is 4.61. The van der Waals surface area contributed by atoms with Gasteiger partial charge >= 0.3 is 0 Å². The number of hydrogen-bond acceptors (Lipinski definition) is 2. The first kappa shape index (κ1) is 11.6. The molecule has 0 amide bonds. The van der Waals surface area contributed by atoms with E-state index in [9.17, 15) is 9.90 Å². The molecule has 0 fully saturated rings. The van der Waals surface area contributed by atoms with Crippen LogP contribution in [-0.2, 0) is 4.79 Å². The predicted octanol–water partition coefficient (Wildman–Crippen LogP) is 2.15. The van der Waals surface area contributed by atoms with Crippen LogP contribution in [0.25, 0.3) is 0 Å². The maximum absolute atomic E-state index is 11.2. The van der Waals surface area contributed by atoms with Crippen molar-refractivity contribution in [1.82, 2.24) is 0 Å². The minimum absolute atomic E-state index is 0.00931. The zero-order chi connectivity index (χ0) is 9.78. The SMILES string of the molecule is CCC(=O)C(C)CC(C)(O)CC. The molecule has 0 bridgehead atoms. The molecule has 2 unspecified atom stereocenters. The number of hydrogen-bond donors (Lipinski definition) is 1. The standard InChI is InChI=1S/C10H20O2/c1-5-9(11)8(3)7-10(4,12)6-2/h8,12H,5-7H2,1-4H3. The Balaban J connectivity index is 3.99. The maximum atomic E-state index is 11.2. The molecule has 0 saturated heterocycles. The van der Waals surface area contributed by atoms with Gasteiger partial charge in [0.2, 0.25) is 0 Å². The molecule has 0 aromatic heterocycles. The van der Waals surface area contributed by atoms with E-state index in [4.69, 9.17) is 0 Å². The van der Waals surface area contributed by atoms with Crippen LogP contribution in [0.5, 0.6) is 0 Å². The normalized spacial score (nSPS) is 18.4. The van der Waals surface area contributed by atoms with E-state index in [2.05, 4.69) is 0 Å². The van der Waals surface area contributed by atoms with E-state index >= 15 is 0 Å². The van der Waals surface area contributed by atoms with Crippen LogP contribution < -0.4 is 0 Å². The Morgan fingerprint density at radius 1 is 1.50 bits per heavy atom. The number of rotatable bonds is 5. The molecule has 2 heteroatoms. The molecule has 0 heterocycles. The zero-order valence-corrected chi connectivity index (χ0v) is 8.55. The molecule has 0 aliphatic carbocycles. The third-order valence-corrected chi connectivity index (χ3v) is 2.41. The predicted molar refractivity (Wildman–Crippen MR) is 50.0 cm³/mol. The van der Waals surface area contributed by atoms with E-state index in [0.29, 0.717) is 19.3 Å². The lowest BCUT2D eigenvalue weighted by molar-refractivity contribution is -0.124. The van der Waals surface area contributed by atoms with Crippen molar-refractivity contribution >= 4 is 5.78 Å². The molecular weight excluding hydrogens is 152 g/mol. The summed E-state index contributed by atoms with van der Waals surface area (Å²) >= 11 is 0. The largest absolute Gasteiger partial charge is 0.390 e. The van der Waals surface area contributed by atoms with Gasteiger partial charge in [-0.2, -0.15) is 0 Å². The van der Waals surface area contributed by atoms with Crippen molar-refractivity contribution in [2.24, 2.45) is 5.92 Å². The molecule has 1 N–H and O–H groups in total. The van der Waals surface area contributed by atoms with Crippen LogP contribution in [0, 0.1) is 5.92 Å². The molecule has 2 nitrogen and oxygen atoms in total. The second-order valence-corrected chi connectivity index (χ2v) is 3.78. The van der Waals surface area contributed by atoms with Gasteiger partial charge < -0.3 is 5.11 Å². The lowest BCUT2D eigenvalue weighted by atomic mass is 9.88. The van der Waals surface area contributed by atoms with E-state index in [0.717, 1.165) is 0 Å². The Kier molecular flexibility index (Phi) is 4.46. The Bertz CT molecular complexity index is 150. The average molecular weight is 172 g/mol. The van der Waals surface area contributed by atoms with Crippen molar-refractivity contribution in [1.29, 1.82) is 0 Å². The highest BCUT2D eigenvalue weighted by molar-refractivity contribution is 5.80. The van der Waals surface area contributed by atoms with E-state index in [1.165, 1.54) is 0 Å². The topological polar surface area (TPSA) is 37.3 Å². The zero-order valence-electron chi connectivity index (χ0n) is 8.55. The molecule has 72 valence electrons. The quantitative estimate of drug-likeness (QED) is 0.690. The van der Waals surface area contributed by atoms with Crippen molar-refractivity contribution in [2.45, 2.75) is 52.6 Å². The summed E-state index contributed by atoms with van der Waals surface area (Å²) in [5.41, 5.74) is -0.676. The summed E-state index contributed by atoms with van der Waals surface area (Å²) in [5.74, 6) is 0.230. The fourth-order valence-corrected chi connectivity index (χ4v) is 1.27. The minimum atomic E-state index is -0.676. The van der Waals surface area contributed by atoms with E-state index in [-0.39, 0.29) is 11.7 Å². The summed E-state index contributed by atoms with van der Waals surface area (Å²) < 4.78 is 0. The van der Waals surface area contributed by atoms with Crippen molar-refractivity contribution in [3.63, 3.8) is 0 Å². The van der Waals surface area contributed by atoms with Crippen molar-refractivity contribution in [3.8, 4) is 0 Å². The van der Waals surface area contributed by atoms with Crippen LogP contribution in [0.4, 0.5) is 0 Å². The van der Waals surface area contributed by atoms with E-state index in [1.807, 2.05) is 20.8 Å². The molecule has 2 atom stereocenters. The highest BCUT2D eigenvalue weighted by Crippen LogP contribution is 2.20. The smallest absolute Gasteiger partial charge is 0.135 e. The molecule has 0 aliphatic rings. The molecule has 0 aliphatic heterocycles. The van der Waals surface area contributed by atoms with Crippen LogP contribution in [0.3, 0.4) is 0 Å². The Morgan fingerprint density at radius 2 is 2.00 bits per heavy atom. The average Bonchev–Trinajstić information content (AvgIpc) is 2.02. The van der Waals surface area contributed by atoms with Crippen molar-refractivity contribution in [2.75, 3.05) is 0 Å². The number of carbonyl (C=O) groups is 1. The van der Waals surface area contributed by atoms with Crippen LogP contribution in [0.1, 0.15) is 47.0 Å². The summed E-state index contributed by atoms with van der Waals surface area (Å²) in [4.78, 5) is 11.2. The van der Waals surface area contributed by atoms with Gasteiger partial charge in [-0.05, 0) is 19.8 Å². The summed E-state index contributed by atoms with van der Waals surface area (Å²) in [5, 5.41) is 9.69. The van der Waals surface area contributed by atoms with Gasteiger partial charge in [-0.1, -0.05) is 20.8 Å². The second-order valence-electron chi connectivity index (χ2n) is 3.78. The van der Waals surface area contributed by atoms with Crippen molar-refractivity contribution < 1.29 is 9.90 Å². The summed E-state index contributed by atoms with van der Waals surface area (Å²) in [7, 11) is 0. The van der Waals surface area contributed by atoms with E-state index in [1.54, 1.807) is 6.92 Å². The Morgan fingerprint density at radius 3 is 2.33 bits per heavy atom. The maximum Gasteiger partial charge on any atom is 0.135 e. The summed E-state index contributed by atoms with van der Waals surface area (Å²) in [6.07, 6.45) is 1.85. The minimum Gasteiger partial charge on any atom is -0.390 e. The number of ketones is 1. The van der Waals surface area contributed by atoms with E-state index < -0.39 is 5.60 Å². The number of Topliss-reactive ketones (excluding diaryl/α,β-unsaturated/α-hetero) is 1. The third-order valence-electron chi connectivity index (χ3n) is 2.41. The van der Waals surface area contributed by atoms with Gasteiger partial charge in [0.1, 0.15) is 5.78 Å². The van der Waals surface area contributed by atoms with Crippen LogP contribution in [0.15, 0.2) is 0 Å². The Labute approximate surface area is 75.0 Å². The van der Waals surface area contributed by atoms with Gasteiger partial charge in [0.15, 0.2) is 0 Å². The van der Waals surface area contributed by atoms with Gasteiger partial charge in [0.05, 0.1) is 5.60 Å². The summed E-state index contributed by atoms with van der Waals surface area (Å²) in [6, 6.07) is 0. The Hall–Kier alpha value is -0.370. The van der Waals surface area contributed by atoms with Gasteiger partial charge in [0.25, 0.3) is 0 Å². The van der Waals surface area contributed by atoms with Crippen LogP contribution in [0.2, 0.25) is 0 Å². The fraction of sp³-hybridized carbons (Fsp3) is 0.900. The molecule has 0 spiro atoms. The van der Waals surface area contributed by atoms with Gasteiger partial charge in [-0.25, -0.2) is 0 Å². The molecule has 0 rings (SSSR count). The highest BCUT2D eigenvalue weighted by atomic mass is 16.3. The fourth-order valence-electron chi connectivity index (χ4n) is 1.27.